The number of nitrogens with one attached hydrogen (secondary N) is 1. The first-order chi connectivity index (χ1) is 17.9. The maximum absolute atomic E-state index is 13.8. The molecule has 0 aliphatic heterocycles. The summed E-state index contributed by atoms with van der Waals surface area (Å²) in [6.07, 6.45) is 8.83. The van der Waals surface area contributed by atoms with Gasteiger partial charge in [0.2, 0.25) is 17.7 Å². The number of ether oxygens (including phenoxy) is 1. The second kappa shape index (κ2) is 10.6. The normalized spacial score (nSPS) is 19.1. The molecule has 1 atom stereocenters. The fourth-order valence-electron chi connectivity index (χ4n) is 4.41. The number of rotatable bonds is 9. The minimum atomic E-state index is -1.13. The Labute approximate surface area is 224 Å². The highest BCUT2D eigenvalue weighted by Gasteiger charge is 2.43. The van der Waals surface area contributed by atoms with Gasteiger partial charge in [0.25, 0.3) is 0 Å². The van der Waals surface area contributed by atoms with Gasteiger partial charge in [-0.25, -0.2) is 0 Å². The molecule has 5 rings (SSSR count). The van der Waals surface area contributed by atoms with Gasteiger partial charge in [-0.2, -0.15) is 9.97 Å². The summed E-state index contributed by atoms with van der Waals surface area (Å²) in [4.78, 5) is 24.8. The highest BCUT2D eigenvalue weighted by atomic mass is 79.9. The first kappa shape index (κ1) is 25.4. The molecule has 1 fully saturated rings. The largest absolute Gasteiger partial charge is 0.475 e. The maximum atomic E-state index is 13.8. The Morgan fingerprint density at radius 3 is 2.70 bits per heavy atom. The first-order valence-electron chi connectivity index (χ1n) is 12.4. The third-order valence-electron chi connectivity index (χ3n) is 6.64. The molecule has 0 spiro atoms. The molecule has 2 aliphatic carbocycles. The topological polar surface area (TPSA) is 93.4 Å². The molecule has 2 heterocycles. The van der Waals surface area contributed by atoms with E-state index in [0.717, 1.165) is 12.1 Å². The zero-order valence-corrected chi connectivity index (χ0v) is 22.8. The van der Waals surface area contributed by atoms with Crippen LogP contribution in [0.1, 0.15) is 48.0 Å². The fourth-order valence-corrected chi connectivity index (χ4v) is 4.75. The number of benzene rings is 1. The van der Waals surface area contributed by atoms with Crippen LogP contribution in [0.3, 0.4) is 0 Å². The molecular formula is C28H30BrN5O3. The van der Waals surface area contributed by atoms with Gasteiger partial charge in [-0.05, 0) is 84.0 Å². The number of hydrogen-bond acceptors (Lipinski definition) is 7. The van der Waals surface area contributed by atoms with E-state index in [1.165, 1.54) is 24.0 Å². The van der Waals surface area contributed by atoms with Crippen molar-refractivity contribution in [3.63, 3.8) is 0 Å². The van der Waals surface area contributed by atoms with Crippen LogP contribution in [0.15, 0.2) is 63.6 Å². The molecule has 37 heavy (non-hydrogen) atoms. The second-order valence-electron chi connectivity index (χ2n) is 9.76. The monoisotopic (exact) mass is 563 g/mol. The van der Waals surface area contributed by atoms with Crippen molar-refractivity contribution in [1.82, 2.24) is 20.0 Å². The molecule has 1 amide bonds. The number of anilines is 1. The summed E-state index contributed by atoms with van der Waals surface area (Å²) in [6.45, 7) is 2.93. The Bertz CT molecular complexity index is 1360. The van der Waals surface area contributed by atoms with Gasteiger partial charge >= 0.3 is 0 Å². The highest BCUT2D eigenvalue weighted by Crippen LogP contribution is 2.45. The molecule has 0 radical (unpaired) electrons. The van der Waals surface area contributed by atoms with Gasteiger partial charge in [-0.3, -0.25) is 4.79 Å². The number of likely N-dealkylation sites (N-methyl/N-ethyl adjacent to an activating group) is 1. The minimum absolute atomic E-state index is 0.288. The number of allylic oxidation sites excluding steroid dienone is 3. The van der Waals surface area contributed by atoms with E-state index in [2.05, 4.69) is 66.7 Å². The number of pyridine rings is 1. The van der Waals surface area contributed by atoms with Crippen molar-refractivity contribution in [1.29, 1.82) is 0 Å². The standard InChI is InChI=1S/C28H30BrN5O3/c1-18-30-26(33-37-18)28(14-12-20(13-15-28)22-7-5-4-6-21(22)19-8-9-19)27(35)32-24-11-10-23(29)25(31-24)36-17-16-34(2)3/h4-7,10-14,19H,8-9,15-17H2,1-3H3,(H,31,32,35). The van der Waals surface area contributed by atoms with Gasteiger partial charge in [-0.15, -0.1) is 0 Å². The van der Waals surface area contributed by atoms with Crippen LogP contribution in [0.25, 0.3) is 5.57 Å². The SMILES string of the molecule is Cc1nc(C2(C(=O)Nc3ccc(Br)c(OCCN(C)C)n3)C=CC(c3ccccc3C3CC3)=CC2)no1. The summed E-state index contributed by atoms with van der Waals surface area (Å²) in [5.74, 6) is 1.87. The Kier molecular flexibility index (Phi) is 7.26. The maximum Gasteiger partial charge on any atom is 0.243 e. The summed E-state index contributed by atoms with van der Waals surface area (Å²) in [5, 5.41) is 7.09. The van der Waals surface area contributed by atoms with Gasteiger partial charge in [-0.1, -0.05) is 47.7 Å². The smallest absolute Gasteiger partial charge is 0.243 e. The van der Waals surface area contributed by atoms with Crippen molar-refractivity contribution in [2.75, 3.05) is 32.6 Å². The molecule has 1 N–H and O–H groups in total. The Balaban J connectivity index is 1.41. The van der Waals surface area contributed by atoms with Crippen molar-refractivity contribution in [2.24, 2.45) is 0 Å². The van der Waals surface area contributed by atoms with Crippen LogP contribution in [0.2, 0.25) is 0 Å². The van der Waals surface area contributed by atoms with Crippen molar-refractivity contribution in [3.05, 3.63) is 81.9 Å². The predicted octanol–water partition coefficient (Wildman–Crippen LogP) is 5.27. The molecule has 1 saturated carbocycles. The van der Waals surface area contributed by atoms with Crippen molar-refractivity contribution in [3.8, 4) is 5.88 Å². The Hall–Kier alpha value is -3.30. The molecule has 1 unspecified atom stereocenters. The molecule has 2 aromatic heterocycles. The van der Waals surface area contributed by atoms with E-state index in [0.29, 0.717) is 46.8 Å². The molecule has 1 aromatic carbocycles. The van der Waals surface area contributed by atoms with E-state index in [1.807, 2.05) is 37.2 Å². The molecule has 3 aromatic rings. The number of aromatic nitrogens is 3. The fraction of sp³-hybridized carbons (Fsp3) is 0.357. The zero-order valence-electron chi connectivity index (χ0n) is 21.2. The number of aryl methyl sites for hydroxylation is 1. The van der Waals surface area contributed by atoms with Crippen molar-refractivity contribution >= 4 is 33.2 Å². The first-order valence-corrected chi connectivity index (χ1v) is 13.2. The summed E-state index contributed by atoms with van der Waals surface area (Å²) in [6, 6.07) is 12.0. The minimum Gasteiger partial charge on any atom is -0.475 e. The lowest BCUT2D eigenvalue weighted by atomic mass is 9.77. The van der Waals surface area contributed by atoms with Crippen LogP contribution in [0, 0.1) is 6.92 Å². The molecule has 192 valence electrons. The van der Waals surface area contributed by atoms with E-state index >= 15 is 0 Å². The third kappa shape index (κ3) is 5.52. The summed E-state index contributed by atoms with van der Waals surface area (Å²) < 4.78 is 11.8. The van der Waals surface area contributed by atoms with Crippen LogP contribution in [-0.2, 0) is 10.2 Å². The van der Waals surface area contributed by atoms with Crippen molar-refractivity contribution in [2.45, 2.75) is 37.5 Å². The van der Waals surface area contributed by atoms with Crippen molar-refractivity contribution < 1.29 is 14.1 Å². The van der Waals surface area contributed by atoms with E-state index in [9.17, 15) is 4.79 Å². The molecule has 0 bridgehead atoms. The molecule has 8 nitrogen and oxygen atoms in total. The van der Waals surface area contributed by atoms with Gasteiger partial charge in [0.05, 0.1) is 4.47 Å². The van der Waals surface area contributed by atoms with Gasteiger partial charge < -0.3 is 19.5 Å². The lowest BCUT2D eigenvalue weighted by Gasteiger charge is -2.28. The Morgan fingerprint density at radius 1 is 1.22 bits per heavy atom. The average molecular weight is 564 g/mol. The number of nitrogens with zero attached hydrogens (tertiary/aromatic N) is 4. The van der Waals surface area contributed by atoms with E-state index in [1.54, 1.807) is 13.0 Å². The van der Waals surface area contributed by atoms with Crippen LogP contribution >= 0.6 is 15.9 Å². The van der Waals surface area contributed by atoms with Crippen LogP contribution in [-0.4, -0.2) is 53.2 Å². The summed E-state index contributed by atoms with van der Waals surface area (Å²) in [7, 11) is 3.95. The summed E-state index contributed by atoms with van der Waals surface area (Å²) >= 11 is 3.47. The Morgan fingerprint density at radius 2 is 2.03 bits per heavy atom. The molecule has 9 heteroatoms. The van der Waals surface area contributed by atoms with Crippen LogP contribution in [0.4, 0.5) is 5.82 Å². The number of carbonyl (C=O) groups excluding carboxylic acids is 1. The van der Waals surface area contributed by atoms with Gasteiger partial charge in [0.1, 0.15) is 17.8 Å². The molecule has 0 saturated heterocycles. The van der Waals surface area contributed by atoms with Crippen LogP contribution < -0.4 is 10.1 Å². The average Bonchev–Trinajstić information content (AvgIpc) is 3.65. The number of halogens is 1. The quantitative estimate of drug-likeness (QED) is 0.378. The second-order valence-corrected chi connectivity index (χ2v) is 10.6. The lowest BCUT2D eigenvalue weighted by molar-refractivity contribution is -0.120. The molecule has 2 aliphatic rings. The number of hydrogen-bond donors (Lipinski definition) is 1. The highest BCUT2D eigenvalue weighted by molar-refractivity contribution is 9.10. The third-order valence-corrected chi connectivity index (χ3v) is 7.25. The summed E-state index contributed by atoms with van der Waals surface area (Å²) in [5.41, 5.74) is 2.56. The zero-order chi connectivity index (χ0) is 26.0. The predicted molar refractivity (Wildman–Crippen MR) is 145 cm³/mol. The van der Waals surface area contributed by atoms with E-state index in [4.69, 9.17) is 9.26 Å². The lowest BCUT2D eigenvalue weighted by Crippen LogP contribution is -2.40. The van der Waals surface area contributed by atoms with E-state index < -0.39 is 5.41 Å². The van der Waals surface area contributed by atoms with Gasteiger partial charge in [0.15, 0.2) is 5.82 Å². The van der Waals surface area contributed by atoms with E-state index in [-0.39, 0.29) is 5.91 Å². The number of amides is 1. The van der Waals surface area contributed by atoms with Crippen LogP contribution in [0.5, 0.6) is 5.88 Å². The van der Waals surface area contributed by atoms with Gasteiger partial charge in [0, 0.05) is 13.5 Å². The number of carbonyl (C=O) groups is 1. The molecular weight excluding hydrogens is 534 g/mol.